The first-order valence-corrected chi connectivity index (χ1v) is 9.88. The van der Waals surface area contributed by atoms with Crippen LogP contribution < -0.4 is 15.0 Å². The number of amides is 1. The summed E-state index contributed by atoms with van der Waals surface area (Å²) in [6.07, 6.45) is 0. The number of carbonyl (C=O) groups is 2. The molecule has 2 rings (SSSR count). The summed E-state index contributed by atoms with van der Waals surface area (Å²) < 4.78 is 5.28. The number of aryl methyl sites for hydroxylation is 1. The maximum absolute atomic E-state index is 13.1. The SMILES string of the molecule is COc1ccc(Cl)cc1NC(=O)/C(=N\c1ccc(N(C)C)cc1C)C(=O)C(C)(C)C. The van der Waals surface area contributed by atoms with E-state index in [1.165, 1.54) is 7.11 Å². The minimum atomic E-state index is -0.786. The number of anilines is 2. The Hall–Kier alpha value is -2.86. The normalized spacial score (nSPS) is 11.8. The van der Waals surface area contributed by atoms with Gasteiger partial charge in [0.1, 0.15) is 5.75 Å². The number of nitrogens with one attached hydrogen (secondary N) is 1. The minimum absolute atomic E-state index is 0.176. The number of rotatable bonds is 6. The van der Waals surface area contributed by atoms with Gasteiger partial charge in [0.25, 0.3) is 5.91 Å². The van der Waals surface area contributed by atoms with Gasteiger partial charge in [-0.3, -0.25) is 9.59 Å². The Labute approximate surface area is 182 Å². The summed E-state index contributed by atoms with van der Waals surface area (Å²) in [5, 5.41) is 3.15. The number of methoxy groups -OCH3 is 1. The van der Waals surface area contributed by atoms with Crippen LogP contribution in [0.15, 0.2) is 41.4 Å². The number of hydrogen-bond donors (Lipinski definition) is 1. The van der Waals surface area contributed by atoms with E-state index in [1.54, 1.807) is 45.0 Å². The fourth-order valence-corrected chi connectivity index (χ4v) is 2.86. The number of nitrogens with zero attached hydrogens (tertiary/aromatic N) is 2. The average molecular weight is 430 g/mol. The molecule has 6 nitrogen and oxygen atoms in total. The van der Waals surface area contributed by atoms with E-state index in [4.69, 9.17) is 16.3 Å². The van der Waals surface area contributed by atoms with Crippen LogP contribution in [-0.2, 0) is 9.59 Å². The number of hydrogen-bond acceptors (Lipinski definition) is 5. The zero-order valence-corrected chi connectivity index (χ0v) is 19.2. The Morgan fingerprint density at radius 3 is 2.30 bits per heavy atom. The van der Waals surface area contributed by atoms with Crippen molar-refractivity contribution in [2.24, 2.45) is 10.4 Å². The molecular formula is C23H28ClN3O3. The van der Waals surface area contributed by atoms with Gasteiger partial charge in [-0.05, 0) is 48.9 Å². The van der Waals surface area contributed by atoms with Crippen LogP contribution in [0.5, 0.6) is 5.75 Å². The standard InChI is InChI=1S/C23H28ClN3O3/c1-14-12-16(27(5)6)9-10-17(14)25-20(21(28)23(2,3)4)22(29)26-18-13-15(24)8-11-19(18)30-7/h8-13H,1-7H3,(H,26,29)/b25-20-. The maximum atomic E-state index is 13.1. The lowest BCUT2D eigenvalue weighted by atomic mass is 9.87. The molecule has 7 heteroatoms. The lowest BCUT2D eigenvalue weighted by molar-refractivity contribution is -0.121. The molecule has 0 atom stereocenters. The van der Waals surface area contributed by atoms with Crippen molar-refractivity contribution in [3.63, 3.8) is 0 Å². The number of ether oxygens (including phenoxy) is 1. The minimum Gasteiger partial charge on any atom is -0.495 e. The molecule has 1 amide bonds. The van der Waals surface area contributed by atoms with Crippen molar-refractivity contribution in [1.82, 2.24) is 0 Å². The van der Waals surface area contributed by atoms with E-state index in [0.717, 1.165) is 11.3 Å². The predicted molar refractivity (Wildman–Crippen MR) is 124 cm³/mol. The molecular weight excluding hydrogens is 402 g/mol. The monoisotopic (exact) mass is 429 g/mol. The summed E-state index contributed by atoms with van der Waals surface area (Å²) in [6, 6.07) is 10.5. The van der Waals surface area contributed by atoms with Crippen LogP contribution in [0.4, 0.5) is 17.1 Å². The van der Waals surface area contributed by atoms with Crippen molar-refractivity contribution in [3.05, 3.63) is 47.0 Å². The fourth-order valence-electron chi connectivity index (χ4n) is 2.68. The highest BCUT2D eigenvalue weighted by atomic mass is 35.5. The topological polar surface area (TPSA) is 71.0 Å². The van der Waals surface area contributed by atoms with Crippen molar-refractivity contribution >= 4 is 46.1 Å². The van der Waals surface area contributed by atoms with Gasteiger partial charge < -0.3 is 15.0 Å². The summed E-state index contributed by atoms with van der Waals surface area (Å²) in [7, 11) is 5.38. The van der Waals surface area contributed by atoms with Crippen LogP contribution in [0.2, 0.25) is 5.02 Å². The molecule has 0 unspecified atom stereocenters. The predicted octanol–water partition coefficient (Wildman–Crippen LogP) is 5.05. The van der Waals surface area contributed by atoms with Gasteiger partial charge in [0.05, 0.1) is 18.5 Å². The molecule has 0 saturated carbocycles. The Kier molecular flexibility index (Phi) is 7.26. The van der Waals surface area contributed by atoms with E-state index in [1.807, 2.05) is 38.1 Å². The Bertz CT molecular complexity index is 992. The molecule has 1 N–H and O–H groups in total. The lowest BCUT2D eigenvalue weighted by Crippen LogP contribution is -2.37. The van der Waals surface area contributed by atoms with Crippen molar-refractivity contribution in [3.8, 4) is 5.75 Å². The number of ketones is 1. The second-order valence-corrected chi connectivity index (χ2v) is 8.64. The third-order valence-corrected chi connectivity index (χ3v) is 4.69. The lowest BCUT2D eigenvalue weighted by Gasteiger charge is -2.19. The van der Waals surface area contributed by atoms with Crippen LogP contribution >= 0.6 is 11.6 Å². The van der Waals surface area contributed by atoms with Gasteiger partial charge >= 0.3 is 0 Å². The zero-order valence-electron chi connectivity index (χ0n) is 18.5. The Morgan fingerprint density at radius 2 is 1.77 bits per heavy atom. The highest BCUT2D eigenvalue weighted by molar-refractivity contribution is 6.68. The number of benzene rings is 2. The molecule has 0 fully saturated rings. The van der Waals surface area contributed by atoms with E-state index in [-0.39, 0.29) is 11.5 Å². The first-order valence-electron chi connectivity index (χ1n) is 9.50. The van der Waals surface area contributed by atoms with Crippen LogP contribution in [0.25, 0.3) is 0 Å². The Balaban J connectivity index is 2.51. The summed E-state index contributed by atoms with van der Waals surface area (Å²) in [5.74, 6) is -0.550. The number of Topliss-reactive ketones (excluding diaryl/α,β-unsaturated/α-hetero) is 1. The zero-order chi connectivity index (χ0) is 22.6. The first kappa shape index (κ1) is 23.4. The molecule has 0 saturated heterocycles. The van der Waals surface area contributed by atoms with Crippen LogP contribution in [-0.4, -0.2) is 38.6 Å². The van der Waals surface area contributed by atoms with Crippen LogP contribution in [0.3, 0.4) is 0 Å². The third kappa shape index (κ3) is 5.60. The largest absolute Gasteiger partial charge is 0.495 e. The van der Waals surface area contributed by atoms with E-state index >= 15 is 0 Å². The van der Waals surface area contributed by atoms with Crippen molar-refractivity contribution in [1.29, 1.82) is 0 Å². The number of aliphatic imine (C=N–C) groups is 1. The molecule has 0 aliphatic heterocycles. The molecule has 0 aliphatic rings. The molecule has 0 bridgehead atoms. The number of halogens is 1. The van der Waals surface area contributed by atoms with Gasteiger partial charge in [-0.15, -0.1) is 0 Å². The van der Waals surface area contributed by atoms with Gasteiger partial charge in [0, 0.05) is 30.2 Å². The molecule has 0 aromatic heterocycles. The second kappa shape index (κ2) is 9.30. The second-order valence-electron chi connectivity index (χ2n) is 8.20. The maximum Gasteiger partial charge on any atom is 0.278 e. The molecule has 160 valence electrons. The number of carbonyl (C=O) groups excluding carboxylic acids is 2. The summed E-state index contributed by atoms with van der Waals surface area (Å²) >= 11 is 6.05. The quantitative estimate of drug-likeness (QED) is 0.515. The van der Waals surface area contributed by atoms with E-state index < -0.39 is 11.3 Å². The average Bonchev–Trinajstić information content (AvgIpc) is 2.65. The van der Waals surface area contributed by atoms with Crippen LogP contribution in [0, 0.1) is 12.3 Å². The molecule has 0 heterocycles. The van der Waals surface area contributed by atoms with Crippen molar-refractivity contribution < 1.29 is 14.3 Å². The molecule has 0 aliphatic carbocycles. The highest BCUT2D eigenvalue weighted by Crippen LogP contribution is 2.29. The third-order valence-electron chi connectivity index (χ3n) is 4.45. The highest BCUT2D eigenvalue weighted by Gasteiger charge is 2.31. The van der Waals surface area contributed by atoms with E-state index in [2.05, 4.69) is 10.3 Å². The van der Waals surface area contributed by atoms with Gasteiger partial charge in [0.15, 0.2) is 11.5 Å². The smallest absolute Gasteiger partial charge is 0.278 e. The molecule has 30 heavy (non-hydrogen) atoms. The van der Waals surface area contributed by atoms with Gasteiger partial charge in [0.2, 0.25) is 0 Å². The molecule has 2 aromatic carbocycles. The van der Waals surface area contributed by atoms with Gasteiger partial charge in [-0.25, -0.2) is 4.99 Å². The van der Waals surface area contributed by atoms with Crippen molar-refractivity contribution in [2.75, 3.05) is 31.4 Å². The van der Waals surface area contributed by atoms with Crippen molar-refractivity contribution in [2.45, 2.75) is 27.7 Å². The molecule has 0 spiro atoms. The first-order chi connectivity index (χ1) is 13.9. The summed E-state index contributed by atoms with van der Waals surface area (Å²) in [6.45, 7) is 7.14. The Morgan fingerprint density at radius 1 is 1.10 bits per heavy atom. The summed E-state index contributed by atoms with van der Waals surface area (Å²) in [4.78, 5) is 32.6. The van der Waals surface area contributed by atoms with Gasteiger partial charge in [-0.2, -0.15) is 0 Å². The summed E-state index contributed by atoms with van der Waals surface area (Å²) in [5.41, 5.74) is 1.82. The fraction of sp³-hybridized carbons (Fsp3) is 0.348. The molecule has 2 aromatic rings. The van der Waals surface area contributed by atoms with Gasteiger partial charge in [-0.1, -0.05) is 32.4 Å². The van der Waals surface area contributed by atoms with E-state index in [9.17, 15) is 9.59 Å². The molecule has 0 radical (unpaired) electrons. The van der Waals surface area contributed by atoms with Crippen LogP contribution in [0.1, 0.15) is 26.3 Å². The van der Waals surface area contributed by atoms with E-state index in [0.29, 0.717) is 22.1 Å².